The molecule has 2 rings (SSSR count). The summed E-state index contributed by atoms with van der Waals surface area (Å²) in [5.74, 6) is 0.336. The average molecular weight is 220 g/mol. The highest BCUT2D eigenvalue weighted by Crippen LogP contribution is 2.25. The molecular formula is C12H16N2O2. The van der Waals surface area contributed by atoms with E-state index in [1.165, 1.54) is 0 Å². The molecule has 1 unspecified atom stereocenters. The maximum atomic E-state index is 11.1. The number of aromatic nitrogens is 1. The Morgan fingerprint density at radius 3 is 2.88 bits per heavy atom. The molecule has 1 aromatic heterocycles. The van der Waals surface area contributed by atoms with Crippen molar-refractivity contribution in [1.82, 2.24) is 4.98 Å². The lowest BCUT2D eigenvalue weighted by Crippen LogP contribution is -2.23. The molecule has 1 N–H and O–H groups in total. The van der Waals surface area contributed by atoms with Crippen LogP contribution in [0.25, 0.3) is 0 Å². The molecule has 0 spiro atoms. The Morgan fingerprint density at radius 1 is 1.56 bits per heavy atom. The van der Waals surface area contributed by atoms with E-state index in [-0.39, 0.29) is 0 Å². The van der Waals surface area contributed by atoms with E-state index in [1.54, 1.807) is 12.1 Å². The predicted octanol–water partition coefficient (Wildman–Crippen LogP) is 1.93. The standard InChI is InChI=1S/C12H16N2O2/c1-8-5-6-14(7-8)11-10(12(15)16)4-3-9(2)13-11/h3-4,8H,5-7H2,1-2H3,(H,15,16). The zero-order valence-electron chi connectivity index (χ0n) is 9.60. The summed E-state index contributed by atoms with van der Waals surface area (Å²) in [6.45, 7) is 5.86. The summed E-state index contributed by atoms with van der Waals surface area (Å²) in [4.78, 5) is 17.5. The lowest BCUT2D eigenvalue weighted by atomic mass is 10.2. The molecule has 16 heavy (non-hydrogen) atoms. The van der Waals surface area contributed by atoms with Crippen molar-refractivity contribution in [2.45, 2.75) is 20.3 Å². The molecule has 1 aliphatic heterocycles. The minimum Gasteiger partial charge on any atom is -0.478 e. The van der Waals surface area contributed by atoms with Gasteiger partial charge in [-0.2, -0.15) is 0 Å². The number of hydrogen-bond acceptors (Lipinski definition) is 3. The van der Waals surface area contributed by atoms with Crippen molar-refractivity contribution in [2.24, 2.45) is 5.92 Å². The summed E-state index contributed by atoms with van der Waals surface area (Å²) < 4.78 is 0. The number of anilines is 1. The number of nitrogens with zero attached hydrogens (tertiary/aromatic N) is 2. The van der Waals surface area contributed by atoms with Crippen LogP contribution >= 0.6 is 0 Å². The zero-order chi connectivity index (χ0) is 11.7. The first-order valence-corrected chi connectivity index (χ1v) is 5.54. The van der Waals surface area contributed by atoms with Crippen LogP contribution in [-0.2, 0) is 0 Å². The highest BCUT2D eigenvalue weighted by Gasteiger charge is 2.24. The number of carboxylic acid groups (broad SMARTS) is 1. The van der Waals surface area contributed by atoms with E-state index in [0.717, 1.165) is 25.2 Å². The smallest absolute Gasteiger partial charge is 0.339 e. The fourth-order valence-corrected chi connectivity index (χ4v) is 2.08. The third-order valence-corrected chi connectivity index (χ3v) is 2.97. The van der Waals surface area contributed by atoms with E-state index in [1.807, 2.05) is 6.92 Å². The third-order valence-electron chi connectivity index (χ3n) is 2.97. The molecule has 1 aromatic rings. The van der Waals surface area contributed by atoms with Crippen LogP contribution in [-0.4, -0.2) is 29.1 Å². The van der Waals surface area contributed by atoms with Crippen molar-refractivity contribution < 1.29 is 9.90 Å². The maximum Gasteiger partial charge on any atom is 0.339 e. The third kappa shape index (κ3) is 2.01. The first-order chi connectivity index (χ1) is 7.58. The molecule has 0 radical (unpaired) electrons. The van der Waals surface area contributed by atoms with E-state index in [2.05, 4.69) is 16.8 Å². The summed E-state index contributed by atoms with van der Waals surface area (Å²) in [6, 6.07) is 3.38. The fourth-order valence-electron chi connectivity index (χ4n) is 2.08. The summed E-state index contributed by atoms with van der Waals surface area (Å²) in [5, 5.41) is 9.12. The van der Waals surface area contributed by atoms with E-state index < -0.39 is 5.97 Å². The zero-order valence-corrected chi connectivity index (χ0v) is 9.60. The Balaban J connectivity index is 2.37. The molecule has 86 valence electrons. The first kappa shape index (κ1) is 10.9. The van der Waals surface area contributed by atoms with E-state index in [9.17, 15) is 4.79 Å². The Labute approximate surface area is 94.9 Å². The van der Waals surface area contributed by atoms with Gasteiger partial charge in [-0.15, -0.1) is 0 Å². The van der Waals surface area contributed by atoms with E-state index >= 15 is 0 Å². The number of hydrogen-bond donors (Lipinski definition) is 1. The number of rotatable bonds is 2. The van der Waals surface area contributed by atoms with Gasteiger partial charge >= 0.3 is 5.97 Å². The second-order valence-corrected chi connectivity index (χ2v) is 4.47. The minimum atomic E-state index is -0.901. The van der Waals surface area contributed by atoms with Gasteiger partial charge in [-0.25, -0.2) is 9.78 Å². The van der Waals surface area contributed by atoms with E-state index in [4.69, 9.17) is 5.11 Å². The van der Waals surface area contributed by atoms with Gasteiger partial charge in [-0.3, -0.25) is 0 Å². The van der Waals surface area contributed by atoms with Crippen LogP contribution in [0.15, 0.2) is 12.1 Å². The lowest BCUT2D eigenvalue weighted by molar-refractivity contribution is 0.0697. The molecule has 4 nitrogen and oxygen atoms in total. The molecule has 0 aliphatic carbocycles. The SMILES string of the molecule is Cc1ccc(C(=O)O)c(N2CCC(C)C2)n1. The fraction of sp³-hybridized carbons (Fsp3) is 0.500. The van der Waals surface area contributed by atoms with Gasteiger partial charge in [-0.05, 0) is 31.4 Å². The van der Waals surface area contributed by atoms with Gasteiger partial charge in [0.15, 0.2) is 0 Å². The molecule has 1 aliphatic rings. The van der Waals surface area contributed by atoms with Gasteiger partial charge < -0.3 is 10.0 Å². The number of carboxylic acids is 1. The van der Waals surface area contributed by atoms with Crippen LogP contribution in [0.3, 0.4) is 0 Å². The minimum absolute atomic E-state index is 0.305. The maximum absolute atomic E-state index is 11.1. The number of aromatic carboxylic acids is 1. The summed E-state index contributed by atoms with van der Waals surface area (Å²) >= 11 is 0. The van der Waals surface area contributed by atoms with Crippen molar-refractivity contribution in [3.8, 4) is 0 Å². The van der Waals surface area contributed by atoms with Crippen LogP contribution in [0.5, 0.6) is 0 Å². The topological polar surface area (TPSA) is 53.4 Å². The van der Waals surface area contributed by atoms with Crippen molar-refractivity contribution in [2.75, 3.05) is 18.0 Å². The number of pyridine rings is 1. The predicted molar refractivity (Wildman–Crippen MR) is 61.9 cm³/mol. The summed E-state index contributed by atoms with van der Waals surface area (Å²) in [7, 11) is 0. The monoisotopic (exact) mass is 220 g/mol. The number of aryl methyl sites for hydroxylation is 1. The largest absolute Gasteiger partial charge is 0.478 e. The molecule has 1 atom stereocenters. The molecule has 1 fully saturated rings. The van der Waals surface area contributed by atoms with Gasteiger partial charge in [0, 0.05) is 18.8 Å². The molecule has 0 bridgehead atoms. The molecule has 2 heterocycles. The normalized spacial score (nSPS) is 20.1. The molecule has 1 saturated heterocycles. The Kier molecular flexibility index (Phi) is 2.81. The highest BCUT2D eigenvalue weighted by atomic mass is 16.4. The lowest BCUT2D eigenvalue weighted by Gasteiger charge is -2.19. The van der Waals surface area contributed by atoms with Gasteiger partial charge in [0.2, 0.25) is 0 Å². The van der Waals surface area contributed by atoms with E-state index in [0.29, 0.717) is 17.3 Å². The van der Waals surface area contributed by atoms with Crippen molar-refractivity contribution in [3.63, 3.8) is 0 Å². The van der Waals surface area contributed by atoms with Crippen molar-refractivity contribution >= 4 is 11.8 Å². The van der Waals surface area contributed by atoms with Crippen molar-refractivity contribution in [3.05, 3.63) is 23.4 Å². The Bertz CT molecular complexity index is 417. The highest BCUT2D eigenvalue weighted by molar-refractivity contribution is 5.93. The van der Waals surface area contributed by atoms with Gasteiger partial charge in [0.05, 0.1) is 0 Å². The summed E-state index contributed by atoms with van der Waals surface area (Å²) in [6.07, 6.45) is 1.11. The van der Waals surface area contributed by atoms with Crippen LogP contribution in [0.1, 0.15) is 29.4 Å². The van der Waals surface area contributed by atoms with Gasteiger partial charge in [-0.1, -0.05) is 6.92 Å². The molecule has 0 amide bonds. The first-order valence-electron chi connectivity index (χ1n) is 5.54. The second-order valence-electron chi connectivity index (χ2n) is 4.47. The molecular weight excluding hydrogens is 204 g/mol. The van der Waals surface area contributed by atoms with Crippen molar-refractivity contribution in [1.29, 1.82) is 0 Å². The quantitative estimate of drug-likeness (QED) is 0.827. The Hall–Kier alpha value is -1.58. The van der Waals surface area contributed by atoms with Crippen LogP contribution in [0.2, 0.25) is 0 Å². The Morgan fingerprint density at radius 2 is 2.31 bits per heavy atom. The molecule has 4 heteroatoms. The van der Waals surface area contributed by atoms with Crippen LogP contribution in [0.4, 0.5) is 5.82 Å². The van der Waals surface area contributed by atoms with Crippen LogP contribution in [0, 0.1) is 12.8 Å². The van der Waals surface area contributed by atoms with Gasteiger partial charge in [0.25, 0.3) is 0 Å². The average Bonchev–Trinajstić information content (AvgIpc) is 2.64. The number of carbonyl (C=O) groups is 1. The molecule has 0 saturated carbocycles. The van der Waals surface area contributed by atoms with Gasteiger partial charge in [0.1, 0.15) is 11.4 Å². The molecule has 0 aromatic carbocycles. The summed E-state index contributed by atoms with van der Waals surface area (Å²) in [5.41, 5.74) is 1.17. The second kappa shape index (κ2) is 4.12. The van der Waals surface area contributed by atoms with Crippen LogP contribution < -0.4 is 4.90 Å².